The van der Waals surface area contributed by atoms with E-state index in [0.29, 0.717) is 18.6 Å². The van der Waals surface area contributed by atoms with Crippen LogP contribution in [0.25, 0.3) is 11.1 Å². The SMILES string of the molecule is CCCCCCOc1ccc([C@]2(C)CC(c3ccn(CC)n3)=C(c3nn[nH]n3)C(=O)N2)cc1. The zero-order valence-electron chi connectivity index (χ0n) is 19.5. The first-order valence-electron chi connectivity index (χ1n) is 11.6. The van der Waals surface area contributed by atoms with Crippen LogP contribution in [0.3, 0.4) is 0 Å². The second-order valence-electron chi connectivity index (χ2n) is 8.54. The number of amides is 1. The van der Waals surface area contributed by atoms with Gasteiger partial charge in [-0.25, -0.2) is 0 Å². The number of carbonyl (C=O) groups is 1. The van der Waals surface area contributed by atoms with Gasteiger partial charge in [0.25, 0.3) is 5.91 Å². The first kappa shape index (κ1) is 22.7. The van der Waals surface area contributed by atoms with E-state index in [9.17, 15) is 4.79 Å². The van der Waals surface area contributed by atoms with Crippen LogP contribution in [0.1, 0.15) is 70.0 Å². The second-order valence-corrected chi connectivity index (χ2v) is 8.54. The maximum atomic E-state index is 13.3. The van der Waals surface area contributed by atoms with Crippen molar-refractivity contribution < 1.29 is 9.53 Å². The van der Waals surface area contributed by atoms with Crippen molar-refractivity contribution in [2.45, 2.75) is 65.0 Å². The van der Waals surface area contributed by atoms with E-state index in [1.54, 1.807) is 0 Å². The number of H-pyrrole nitrogens is 1. The molecule has 0 fully saturated rings. The topological polar surface area (TPSA) is 111 Å². The van der Waals surface area contributed by atoms with E-state index in [1.165, 1.54) is 19.3 Å². The number of tetrazole rings is 1. The van der Waals surface area contributed by atoms with Crippen molar-refractivity contribution in [1.29, 1.82) is 0 Å². The summed E-state index contributed by atoms with van der Waals surface area (Å²) in [4.78, 5) is 13.3. The lowest BCUT2D eigenvalue weighted by atomic mass is 9.79. The van der Waals surface area contributed by atoms with E-state index in [2.05, 4.69) is 38.0 Å². The van der Waals surface area contributed by atoms with Gasteiger partial charge in [-0.1, -0.05) is 38.3 Å². The Hall–Kier alpha value is -3.49. The van der Waals surface area contributed by atoms with E-state index >= 15 is 0 Å². The minimum atomic E-state index is -0.616. The summed E-state index contributed by atoms with van der Waals surface area (Å²) in [7, 11) is 0. The van der Waals surface area contributed by atoms with Gasteiger partial charge in [-0.2, -0.15) is 10.3 Å². The van der Waals surface area contributed by atoms with E-state index in [4.69, 9.17) is 4.74 Å². The molecule has 9 nitrogen and oxygen atoms in total. The van der Waals surface area contributed by atoms with Crippen LogP contribution in [0.15, 0.2) is 36.5 Å². The van der Waals surface area contributed by atoms with Gasteiger partial charge in [-0.3, -0.25) is 9.48 Å². The van der Waals surface area contributed by atoms with Gasteiger partial charge in [0.1, 0.15) is 5.75 Å². The fourth-order valence-corrected chi connectivity index (χ4v) is 4.17. The van der Waals surface area contributed by atoms with Crippen LogP contribution in [-0.2, 0) is 16.9 Å². The number of rotatable bonds is 10. The molecule has 0 radical (unpaired) electrons. The van der Waals surface area contributed by atoms with Gasteiger partial charge in [-0.05, 0) is 54.8 Å². The van der Waals surface area contributed by atoms with Crippen LogP contribution in [0.5, 0.6) is 5.75 Å². The highest BCUT2D eigenvalue weighted by atomic mass is 16.5. The molecule has 1 aliphatic heterocycles. The summed E-state index contributed by atoms with van der Waals surface area (Å²) < 4.78 is 7.72. The first-order valence-corrected chi connectivity index (χ1v) is 11.6. The van der Waals surface area contributed by atoms with Gasteiger partial charge in [0.15, 0.2) is 0 Å². The molecular formula is C24H31N7O2. The molecule has 0 saturated heterocycles. The molecule has 3 heterocycles. The summed E-state index contributed by atoms with van der Waals surface area (Å²) in [6.45, 7) is 7.71. The molecule has 0 saturated carbocycles. The minimum Gasteiger partial charge on any atom is -0.494 e. The Morgan fingerprint density at radius 2 is 1.94 bits per heavy atom. The lowest BCUT2D eigenvalue weighted by Gasteiger charge is -2.36. The molecule has 174 valence electrons. The van der Waals surface area contributed by atoms with Crippen molar-refractivity contribution >= 4 is 17.1 Å². The Morgan fingerprint density at radius 1 is 1.12 bits per heavy atom. The van der Waals surface area contributed by atoms with E-state index in [1.807, 2.05) is 55.1 Å². The normalized spacial score (nSPS) is 18.5. The van der Waals surface area contributed by atoms with Crippen LogP contribution in [0.4, 0.5) is 0 Å². The largest absolute Gasteiger partial charge is 0.494 e. The number of unbranched alkanes of at least 4 members (excludes halogenated alkanes) is 3. The highest BCUT2D eigenvalue weighted by Crippen LogP contribution is 2.40. The van der Waals surface area contributed by atoms with Crippen LogP contribution >= 0.6 is 0 Å². The molecule has 0 aliphatic carbocycles. The van der Waals surface area contributed by atoms with Crippen molar-refractivity contribution in [1.82, 2.24) is 35.7 Å². The van der Waals surface area contributed by atoms with Crippen molar-refractivity contribution in [3.8, 4) is 5.75 Å². The van der Waals surface area contributed by atoms with Crippen molar-refractivity contribution in [3.63, 3.8) is 0 Å². The Balaban J connectivity index is 1.59. The Kier molecular flexibility index (Phi) is 6.86. The molecule has 9 heteroatoms. The Bertz CT molecular complexity index is 1100. The number of hydrogen-bond donors (Lipinski definition) is 2. The number of benzene rings is 1. The summed E-state index contributed by atoms with van der Waals surface area (Å²) in [6.07, 6.45) is 7.14. The monoisotopic (exact) mass is 449 g/mol. The average molecular weight is 450 g/mol. The first-order chi connectivity index (χ1) is 16.0. The Morgan fingerprint density at radius 3 is 2.61 bits per heavy atom. The molecule has 2 aromatic heterocycles. The summed E-state index contributed by atoms with van der Waals surface area (Å²) >= 11 is 0. The molecule has 1 aromatic carbocycles. The Labute approximate surface area is 193 Å². The molecule has 33 heavy (non-hydrogen) atoms. The van der Waals surface area contributed by atoms with Crippen LogP contribution in [0, 0.1) is 0 Å². The van der Waals surface area contributed by atoms with Gasteiger partial charge >= 0.3 is 0 Å². The highest BCUT2D eigenvalue weighted by molar-refractivity contribution is 6.27. The van der Waals surface area contributed by atoms with Gasteiger partial charge in [-0.15, -0.1) is 10.2 Å². The number of nitrogens with zero attached hydrogens (tertiary/aromatic N) is 5. The summed E-state index contributed by atoms with van der Waals surface area (Å²) in [5, 5.41) is 22.0. The van der Waals surface area contributed by atoms with Gasteiger partial charge in [0.05, 0.1) is 23.4 Å². The van der Waals surface area contributed by atoms with Crippen molar-refractivity contribution in [3.05, 3.63) is 53.6 Å². The maximum absolute atomic E-state index is 13.3. The predicted molar refractivity (Wildman–Crippen MR) is 125 cm³/mol. The van der Waals surface area contributed by atoms with Crippen LogP contribution in [0.2, 0.25) is 0 Å². The number of nitrogens with one attached hydrogen (secondary N) is 2. The fourth-order valence-electron chi connectivity index (χ4n) is 4.17. The smallest absolute Gasteiger partial charge is 0.256 e. The molecule has 1 atom stereocenters. The van der Waals surface area contributed by atoms with Crippen LogP contribution in [-0.4, -0.2) is 42.9 Å². The number of aryl methyl sites for hydroxylation is 1. The molecule has 2 N–H and O–H groups in total. The number of aromatic amines is 1. The van der Waals surface area contributed by atoms with Gasteiger partial charge < -0.3 is 10.1 Å². The number of aromatic nitrogens is 6. The fraction of sp³-hybridized carbons (Fsp3) is 0.458. The highest BCUT2D eigenvalue weighted by Gasteiger charge is 2.39. The summed E-state index contributed by atoms with van der Waals surface area (Å²) in [6, 6.07) is 9.90. The van der Waals surface area contributed by atoms with E-state index in [0.717, 1.165) is 35.5 Å². The molecule has 4 rings (SSSR count). The van der Waals surface area contributed by atoms with E-state index < -0.39 is 5.54 Å². The lowest BCUT2D eigenvalue weighted by Crippen LogP contribution is -2.47. The second kappa shape index (κ2) is 9.97. The molecule has 1 amide bonds. The number of ether oxygens (including phenoxy) is 1. The lowest BCUT2D eigenvalue weighted by molar-refractivity contribution is -0.117. The van der Waals surface area contributed by atoms with Gasteiger partial charge in [0, 0.05) is 19.2 Å². The molecule has 3 aromatic rings. The van der Waals surface area contributed by atoms with Crippen molar-refractivity contribution in [2.75, 3.05) is 6.61 Å². The summed E-state index contributed by atoms with van der Waals surface area (Å²) in [5.74, 6) is 0.857. The minimum absolute atomic E-state index is 0.248. The number of carbonyl (C=O) groups excluding carboxylic acids is 1. The van der Waals surface area contributed by atoms with Gasteiger partial charge in [0.2, 0.25) is 5.82 Å². The molecule has 0 bridgehead atoms. The molecule has 0 unspecified atom stereocenters. The molecular weight excluding hydrogens is 418 g/mol. The molecule has 1 aliphatic rings. The quantitative estimate of drug-likeness (QED) is 0.457. The van der Waals surface area contributed by atoms with Crippen LogP contribution < -0.4 is 10.1 Å². The standard InChI is InChI=1S/C24H31N7O2/c1-4-6-7-8-15-33-18-11-9-17(10-12-18)24(3)16-19(20-13-14-31(5-2)28-20)21(23(32)25-24)22-26-29-30-27-22/h9-14H,4-8,15-16H2,1-3H3,(H,25,32)(H,26,27,29,30)/t24-/m0/s1. The van der Waals surface area contributed by atoms with Crippen molar-refractivity contribution in [2.24, 2.45) is 0 Å². The zero-order valence-corrected chi connectivity index (χ0v) is 19.5. The third-order valence-electron chi connectivity index (χ3n) is 6.05. The average Bonchev–Trinajstić information content (AvgIpc) is 3.51. The maximum Gasteiger partial charge on any atom is 0.256 e. The third-order valence-corrected chi connectivity index (χ3v) is 6.05. The predicted octanol–water partition coefficient (Wildman–Crippen LogP) is 3.72. The number of hydrogen-bond acceptors (Lipinski definition) is 6. The third kappa shape index (κ3) is 4.97. The van der Waals surface area contributed by atoms with E-state index in [-0.39, 0.29) is 11.7 Å². The summed E-state index contributed by atoms with van der Waals surface area (Å²) in [5.41, 5.74) is 2.31. The molecule has 0 spiro atoms. The zero-order chi connectivity index (χ0) is 23.3.